The van der Waals surface area contributed by atoms with Crippen LogP contribution in [0.25, 0.3) is 11.0 Å². The van der Waals surface area contributed by atoms with Gasteiger partial charge in [-0.2, -0.15) is 0 Å². The van der Waals surface area contributed by atoms with Crippen LogP contribution >= 0.6 is 0 Å². The summed E-state index contributed by atoms with van der Waals surface area (Å²) in [6.45, 7) is 3.93. The third kappa shape index (κ3) is 3.52. The third-order valence-corrected chi connectivity index (χ3v) is 3.86. The van der Waals surface area contributed by atoms with Gasteiger partial charge in [-0.1, -0.05) is 0 Å². The van der Waals surface area contributed by atoms with Crippen molar-refractivity contribution in [1.82, 2.24) is 9.97 Å². The summed E-state index contributed by atoms with van der Waals surface area (Å²) < 4.78 is 10.4. The van der Waals surface area contributed by atoms with Crippen LogP contribution in [0.4, 0.5) is 5.82 Å². The van der Waals surface area contributed by atoms with E-state index < -0.39 is 0 Å². The second-order valence-electron chi connectivity index (χ2n) is 5.70. The van der Waals surface area contributed by atoms with E-state index in [1.807, 2.05) is 26.0 Å². The number of amides is 1. The Hall–Kier alpha value is -3.15. The first-order valence-corrected chi connectivity index (χ1v) is 7.79. The maximum atomic E-state index is 12.5. The fourth-order valence-electron chi connectivity index (χ4n) is 2.63. The van der Waals surface area contributed by atoms with Crippen molar-refractivity contribution < 1.29 is 14.3 Å². The SMILES string of the molecule is COc1cc(OC)cc(C(=O)Nc2ccc3c(C)cc(C)nc3n2)c1. The molecule has 0 aliphatic heterocycles. The zero-order valence-electron chi connectivity index (χ0n) is 14.6. The van der Waals surface area contributed by atoms with Gasteiger partial charge in [0.15, 0.2) is 5.65 Å². The lowest BCUT2D eigenvalue weighted by molar-refractivity contribution is 0.102. The van der Waals surface area contributed by atoms with E-state index in [2.05, 4.69) is 15.3 Å². The number of carbonyl (C=O) groups is 1. The van der Waals surface area contributed by atoms with Gasteiger partial charge in [-0.05, 0) is 49.7 Å². The van der Waals surface area contributed by atoms with Crippen molar-refractivity contribution in [3.8, 4) is 11.5 Å². The Morgan fingerprint density at radius 3 is 2.28 bits per heavy atom. The molecule has 0 aliphatic rings. The molecule has 2 heterocycles. The van der Waals surface area contributed by atoms with Gasteiger partial charge in [0.25, 0.3) is 5.91 Å². The molecule has 0 fully saturated rings. The molecule has 0 radical (unpaired) electrons. The molecule has 3 aromatic rings. The molecule has 128 valence electrons. The molecule has 0 aliphatic carbocycles. The molecule has 0 atom stereocenters. The Labute approximate surface area is 145 Å². The van der Waals surface area contributed by atoms with E-state index in [4.69, 9.17) is 9.47 Å². The lowest BCUT2D eigenvalue weighted by Crippen LogP contribution is -2.13. The molecule has 1 aromatic carbocycles. The first kappa shape index (κ1) is 16.7. The number of aryl methyl sites for hydroxylation is 2. The molecule has 6 heteroatoms. The monoisotopic (exact) mass is 337 g/mol. The molecule has 25 heavy (non-hydrogen) atoms. The fourth-order valence-corrected chi connectivity index (χ4v) is 2.63. The van der Waals surface area contributed by atoms with Crippen molar-refractivity contribution in [1.29, 1.82) is 0 Å². The topological polar surface area (TPSA) is 73.3 Å². The van der Waals surface area contributed by atoms with E-state index in [0.717, 1.165) is 16.6 Å². The van der Waals surface area contributed by atoms with Crippen LogP contribution in [-0.4, -0.2) is 30.1 Å². The summed E-state index contributed by atoms with van der Waals surface area (Å²) in [4.78, 5) is 21.4. The standard InChI is InChI=1S/C19H19N3O3/c1-11-7-12(2)20-18-16(11)5-6-17(21-18)22-19(23)13-8-14(24-3)10-15(9-13)25-4/h5-10H,1-4H3,(H,20,21,22,23). The first-order chi connectivity index (χ1) is 12.0. The fraction of sp³-hybridized carbons (Fsp3) is 0.211. The van der Waals surface area contributed by atoms with Crippen LogP contribution in [0.3, 0.4) is 0 Å². The summed E-state index contributed by atoms with van der Waals surface area (Å²) in [5, 5.41) is 3.76. The highest BCUT2D eigenvalue weighted by molar-refractivity contribution is 6.04. The van der Waals surface area contributed by atoms with Crippen LogP contribution in [0.5, 0.6) is 11.5 Å². The van der Waals surface area contributed by atoms with E-state index in [-0.39, 0.29) is 5.91 Å². The highest BCUT2D eigenvalue weighted by Crippen LogP contribution is 2.24. The Kier molecular flexibility index (Phi) is 4.52. The van der Waals surface area contributed by atoms with Gasteiger partial charge >= 0.3 is 0 Å². The number of pyridine rings is 2. The number of hydrogen-bond acceptors (Lipinski definition) is 5. The largest absolute Gasteiger partial charge is 0.497 e. The predicted octanol–water partition coefficient (Wildman–Crippen LogP) is 3.52. The minimum Gasteiger partial charge on any atom is -0.497 e. The number of nitrogens with zero attached hydrogens (tertiary/aromatic N) is 2. The van der Waals surface area contributed by atoms with Gasteiger partial charge in [0.05, 0.1) is 14.2 Å². The third-order valence-electron chi connectivity index (χ3n) is 3.86. The van der Waals surface area contributed by atoms with E-state index in [1.54, 1.807) is 24.3 Å². The number of nitrogens with one attached hydrogen (secondary N) is 1. The Balaban J connectivity index is 1.92. The molecule has 6 nitrogen and oxygen atoms in total. The van der Waals surface area contributed by atoms with Crippen LogP contribution in [0, 0.1) is 13.8 Å². The van der Waals surface area contributed by atoms with Crippen LogP contribution < -0.4 is 14.8 Å². The van der Waals surface area contributed by atoms with E-state index >= 15 is 0 Å². The zero-order valence-corrected chi connectivity index (χ0v) is 14.6. The number of anilines is 1. The van der Waals surface area contributed by atoms with Gasteiger partial charge in [0.2, 0.25) is 0 Å². The molecule has 0 spiro atoms. The molecule has 0 saturated carbocycles. The number of methoxy groups -OCH3 is 2. The van der Waals surface area contributed by atoms with Gasteiger partial charge in [-0.15, -0.1) is 0 Å². The molecular formula is C19H19N3O3. The van der Waals surface area contributed by atoms with Crippen LogP contribution in [0.2, 0.25) is 0 Å². The molecule has 3 rings (SSSR count). The molecule has 0 saturated heterocycles. The lowest BCUT2D eigenvalue weighted by Gasteiger charge is -2.10. The second kappa shape index (κ2) is 6.76. The van der Waals surface area contributed by atoms with Crippen molar-refractivity contribution in [2.45, 2.75) is 13.8 Å². The van der Waals surface area contributed by atoms with Gasteiger partial charge in [-0.25, -0.2) is 9.97 Å². The highest BCUT2D eigenvalue weighted by atomic mass is 16.5. The average molecular weight is 337 g/mol. The van der Waals surface area contributed by atoms with Gasteiger partial charge in [0, 0.05) is 22.7 Å². The Morgan fingerprint density at radius 2 is 1.64 bits per heavy atom. The maximum absolute atomic E-state index is 12.5. The lowest BCUT2D eigenvalue weighted by atomic mass is 10.1. The summed E-state index contributed by atoms with van der Waals surface area (Å²) in [5.74, 6) is 1.23. The molecular weight excluding hydrogens is 318 g/mol. The number of aromatic nitrogens is 2. The molecule has 1 amide bonds. The number of benzene rings is 1. The van der Waals surface area contributed by atoms with Gasteiger partial charge in [0.1, 0.15) is 17.3 Å². The van der Waals surface area contributed by atoms with Crippen molar-refractivity contribution in [3.63, 3.8) is 0 Å². The van der Waals surface area contributed by atoms with Gasteiger partial charge < -0.3 is 14.8 Å². The normalized spacial score (nSPS) is 10.6. The van der Waals surface area contributed by atoms with Gasteiger partial charge in [-0.3, -0.25) is 4.79 Å². The summed E-state index contributed by atoms with van der Waals surface area (Å²) >= 11 is 0. The maximum Gasteiger partial charge on any atom is 0.257 e. The number of ether oxygens (including phenoxy) is 2. The van der Waals surface area contributed by atoms with E-state index in [0.29, 0.717) is 28.5 Å². The van der Waals surface area contributed by atoms with Crippen LogP contribution in [-0.2, 0) is 0 Å². The number of carbonyl (C=O) groups excluding carboxylic acids is 1. The average Bonchev–Trinajstić information content (AvgIpc) is 2.60. The molecule has 0 bridgehead atoms. The highest BCUT2D eigenvalue weighted by Gasteiger charge is 2.12. The molecule has 1 N–H and O–H groups in total. The quantitative estimate of drug-likeness (QED) is 0.788. The molecule has 2 aromatic heterocycles. The number of hydrogen-bond donors (Lipinski definition) is 1. The number of rotatable bonds is 4. The van der Waals surface area contributed by atoms with Crippen molar-refractivity contribution >= 4 is 22.8 Å². The summed E-state index contributed by atoms with van der Waals surface area (Å²) in [6.07, 6.45) is 0. The van der Waals surface area contributed by atoms with Crippen LogP contribution in [0.1, 0.15) is 21.6 Å². The van der Waals surface area contributed by atoms with E-state index in [9.17, 15) is 4.79 Å². The number of fused-ring (bicyclic) bond motifs is 1. The summed E-state index contributed by atoms with van der Waals surface area (Å²) in [7, 11) is 3.08. The van der Waals surface area contributed by atoms with E-state index in [1.165, 1.54) is 14.2 Å². The summed E-state index contributed by atoms with van der Waals surface area (Å²) in [5.41, 5.74) is 3.02. The second-order valence-corrected chi connectivity index (χ2v) is 5.70. The van der Waals surface area contributed by atoms with Crippen molar-refractivity contribution in [2.75, 3.05) is 19.5 Å². The minimum absolute atomic E-state index is 0.298. The van der Waals surface area contributed by atoms with Crippen LogP contribution in [0.15, 0.2) is 36.4 Å². The Morgan fingerprint density at radius 1 is 0.960 bits per heavy atom. The first-order valence-electron chi connectivity index (χ1n) is 7.79. The van der Waals surface area contributed by atoms with Crippen molar-refractivity contribution in [3.05, 3.63) is 53.2 Å². The predicted molar refractivity (Wildman–Crippen MR) is 96.5 cm³/mol. The Bertz CT molecular complexity index is 932. The summed E-state index contributed by atoms with van der Waals surface area (Å²) in [6, 6.07) is 10.7. The van der Waals surface area contributed by atoms with Crippen molar-refractivity contribution in [2.24, 2.45) is 0 Å². The smallest absolute Gasteiger partial charge is 0.257 e. The zero-order chi connectivity index (χ0) is 18.0. The molecule has 0 unspecified atom stereocenters. The minimum atomic E-state index is -0.298.